The average molecular weight is 294 g/mol. The molecule has 1 aliphatic carbocycles. The molecule has 0 aromatic heterocycles. The van der Waals surface area contributed by atoms with Gasteiger partial charge in [0, 0.05) is 26.3 Å². The SMILES string of the molecule is CCC1C(=O)N2CCCC2C(=O)N1CCCOCC1CC1. The fraction of sp³-hybridized carbons (Fsp3) is 0.875. The molecule has 3 aliphatic rings. The molecule has 21 heavy (non-hydrogen) atoms. The number of hydrogen-bond donors (Lipinski definition) is 0. The first-order chi connectivity index (χ1) is 10.2. The summed E-state index contributed by atoms with van der Waals surface area (Å²) in [5.41, 5.74) is 0. The van der Waals surface area contributed by atoms with Gasteiger partial charge in [0.2, 0.25) is 11.8 Å². The minimum atomic E-state index is -0.254. The van der Waals surface area contributed by atoms with E-state index in [0.717, 1.165) is 38.3 Å². The van der Waals surface area contributed by atoms with E-state index in [1.54, 1.807) is 4.90 Å². The molecule has 2 unspecified atom stereocenters. The van der Waals surface area contributed by atoms with E-state index in [0.29, 0.717) is 19.6 Å². The summed E-state index contributed by atoms with van der Waals surface area (Å²) in [6.07, 6.45) is 5.92. The molecule has 1 saturated carbocycles. The highest BCUT2D eigenvalue weighted by Gasteiger charge is 2.46. The van der Waals surface area contributed by atoms with E-state index >= 15 is 0 Å². The monoisotopic (exact) mass is 294 g/mol. The van der Waals surface area contributed by atoms with Gasteiger partial charge >= 0.3 is 0 Å². The third kappa shape index (κ3) is 3.07. The van der Waals surface area contributed by atoms with Crippen molar-refractivity contribution in [2.45, 2.75) is 57.5 Å². The van der Waals surface area contributed by atoms with Gasteiger partial charge in [0.25, 0.3) is 0 Å². The van der Waals surface area contributed by atoms with E-state index in [9.17, 15) is 9.59 Å². The summed E-state index contributed by atoms with van der Waals surface area (Å²) in [6, 6.07) is -0.442. The molecule has 2 heterocycles. The Morgan fingerprint density at radius 2 is 2.00 bits per heavy atom. The Hall–Kier alpha value is -1.10. The topological polar surface area (TPSA) is 49.9 Å². The second-order valence-electron chi connectivity index (χ2n) is 6.52. The number of carbonyl (C=O) groups excluding carboxylic acids is 2. The van der Waals surface area contributed by atoms with Crippen molar-refractivity contribution in [3.63, 3.8) is 0 Å². The van der Waals surface area contributed by atoms with E-state index in [-0.39, 0.29) is 23.9 Å². The van der Waals surface area contributed by atoms with E-state index in [1.807, 2.05) is 11.8 Å². The van der Waals surface area contributed by atoms with Gasteiger partial charge in [-0.3, -0.25) is 9.59 Å². The fourth-order valence-electron chi connectivity index (χ4n) is 3.49. The van der Waals surface area contributed by atoms with Crippen molar-refractivity contribution in [1.29, 1.82) is 0 Å². The average Bonchev–Trinajstić information content (AvgIpc) is 3.17. The lowest BCUT2D eigenvalue weighted by Crippen LogP contribution is -2.62. The number of nitrogens with zero attached hydrogens (tertiary/aromatic N) is 2. The van der Waals surface area contributed by atoms with Crippen molar-refractivity contribution >= 4 is 11.8 Å². The molecule has 2 amide bonds. The molecule has 5 heteroatoms. The third-order valence-electron chi connectivity index (χ3n) is 4.89. The number of carbonyl (C=O) groups is 2. The Kier molecular flexibility index (Phi) is 4.48. The minimum Gasteiger partial charge on any atom is -0.381 e. The first kappa shape index (κ1) is 14.8. The molecule has 0 bridgehead atoms. The van der Waals surface area contributed by atoms with Crippen LogP contribution in [0.25, 0.3) is 0 Å². The fourth-order valence-corrected chi connectivity index (χ4v) is 3.49. The lowest BCUT2D eigenvalue weighted by atomic mass is 10.0. The number of amides is 2. The molecule has 0 aromatic carbocycles. The Morgan fingerprint density at radius 1 is 1.19 bits per heavy atom. The summed E-state index contributed by atoms with van der Waals surface area (Å²) in [6.45, 7) is 4.95. The Labute approximate surface area is 126 Å². The van der Waals surface area contributed by atoms with Crippen molar-refractivity contribution in [2.24, 2.45) is 5.92 Å². The molecule has 5 nitrogen and oxygen atoms in total. The van der Waals surface area contributed by atoms with Gasteiger partial charge in [-0.1, -0.05) is 6.92 Å². The van der Waals surface area contributed by atoms with Crippen LogP contribution in [0, 0.1) is 5.92 Å². The maximum Gasteiger partial charge on any atom is 0.246 e. The van der Waals surface area contributed by atoms with Crippen LogP contribution in [-0.4, -0.2) is 60.0 Å². The highest BCUT2D eigenvalue weighted by molar-refractivity contribution is 5.97. The first-order valence-corrected chi connectivity index (χ1v) is 8.41. The second kappa shape index (κ2) is 6.34. The molecule has 2 saturated heterocycles. The van der Waals surface area contributed by atoms with Crippen LogP contribution in [-0.2, 0) is 14.3 Å². The summed E-state index contributed by atoms with van der Waals surface area (Å²) in [4.78, 5) is 28.7. The molecule has 0 N–H and O–H groups in total. The van der Waals surface area contributed by atoms with Crippen molar-refractivity contribution in [3.05, 3.63) is 0 Å². The molecular formula is C16H26N2O3. The molecule has 0 aromatic rings. The van der Waals surface area contributed by atoms with Gasteiger partial charge in [0.1, 0.15) is 12.1 Å². The molecule has 0 radical (unpaired) electrons. The second-order valence-corrected chi connectivity index (χ2v) is 6.52. The van der Waals surface area contributed by atoms with Crippen LogP contribution in [0.4, 0.5) is 0 Å². The quantitative estimate of drug-likeness (QED) is 0.667. The zero-order chi connectivity index (χ0) is 14.8. The normalized spacial score (nSPS) is 29.2. The van der Waals surface area contributed by atoms with Crippen LogP contribution in [0.15, 0.2) is 0 Å². The standard InChI is InChI=1S/C16H26N2O3/c1-2-13-15(19)18-8-3-5-14(18)16(20)17(13)9-4-10-21-11-12-6-7-12/h12-14H,2-11H2,1H3. The van der Waals surface area contributed by atoms with Crippen molar-refractivity contribution in [3.8, 4) is 0 Å². The van der Waals surface area contributed by atoms with Gasteiger partial charge in [-0.15, -0.1) is 0 Å². The zero-order valence-corrected chi connectivity index (χ0v) is 12.9. The van der Waals surface area contributed by atoms with Crippen LogP contribution < -0.4 is 0 Å². The van der Waals surface area contributed by atoms with E-state index in [2.05, 4.69) is 0 Å². The largest absolute Gasteiger partial charge is 0.381 e. The van der Waals surface area contributed by atoms with Gasteiger partial charge < -0.3 is 14.5 Å². The minimum absolute atomic E-state index is 0.151. The lowest BCUT2D eigenvalue weighted by molar-refractivity contribution is -0.159. The molecule has 2 atom stereocenters. The van der Waals surface area contributed by atoms with Crippen molar-refractivity contribution < 1.29 is 14.3 Å². The molecular weight excluding hydrogens is 268 g/mol. The van der Waals surface area contributed by atoms with Gasteiger partial charge in [-0.2, -0.15) is 0 Å². The number of hydrogen-bond acceptors (Lipinski definition) is 3. The van der Waals surface area contributed by atoms with Crippen LogP contribution in [0.2, 0.25) is 0 Å². The number of ether oxygens (including phenoxy) is 1. The van der Waals surface area contributed by atoms with Gasteiger partial charge in [-0.05, 0) is 44.4 Å². The number of fused-ring (bicyclic) bond motifs is 1. The van der Waals surface area contributed by atoms with E-state index in [1.165, 1.54) is 12.8 Å². The molecule has 3 fully saturated rings. The van der Waals surface area contributed by atoms with E-state index < -0.39 is 0 Å². The van der Waals surface area contributed by atoms with Crippen LogP contribution >= 0.6 is 0 Å². The first-order valence-electron chi connectivity index (χ1n) is 8.41. The van der Waals surface area contributed by atoms with E-state index in [4.69, 9.17) is 4.74 Å². The predicted octanol–water partition coefficient (Wildman–Crippen LogP) is 1.41. The molecule has 0 spiro atoms. The third-order valence-corrected chi connectivity index (χ3v) is 4.89. The van der Waals surface area contributed by atoms with Crippen LogP contribution in [0.5, 0.6) is 0 Å². The van der Waals surface area contributed by atoms with Crippen molar-refractivity contribution in [1.82, 2.24) is 9.80 Å². The number of rotatable bonds is 7. The summed E-state index contributed by atoms with van der Waals surface area (Å²) in [5.74, 6) is 1.08. The lowest BCUT2D eigenvalue weighted by Gasteiger charge is -2.42. The van der Waals surface area contributed by atoms with Crippen LogP contribution in [0.1, 0.15) is 45.4 Å². The molecule has 2 aliphatic heterocycles. The molecule has 3 rings (SSSR count). The summed E-state index contributed by atoms with van der Waals surface area (Å²) in [5, 5.41) is 0. The van der Waals surface area contributed by atoms with Crippen LogP contribution in [0.3, 0.4) is 0 Å². The highest BCUT2D eigenvalue weighted by Crippen LogP contribution is 2.29. The maximum absolute atomic E-state index is 12.6. The smallest absolute Gasteiger partial charge is 0.246 e. The summed E-state index contributed by atoms with van der Waals surface area (Å²) < 4.78 is 5.63. The molecule has 118 valence electrons. The summed E-state index contributed by atoms with van der Waals surface area (Å²) >= 11 is 0. The predicted molar refractivity (Wildman–Crippen MR) is 78.7 cm³/mol. The van der Waals surface area contributed by atoms with Gasteiger partial charge in [0.05, 0.1) is 0 Å². The highest BCUT2D eigenvalue weighted by atomic mass is 16.5. The van der Waals surface area contributed by atoms with Gasteiger partial charge in [0.15, 0.2) is 0 Å². The Balaban J connectivity index is 1.53. The number of piperazine rings is 1. The maximum atomic E-state index is 12.6. The Bertz CT molecular complexity index is 408. The summed E-state index contributed by atoms with van der Waals surface area (Å²) in [7, 11) is 0. The van der Waals surface area contributed by atoms with Crippen molar-refractivity contribution in [2.75, 3.05) is 26.3 Å². The van der Waals surface area contributed by atoms with Gasteiger partial charge in [-0.25, -0.2) is 0 Å². The Morgan fingerprint density at radius 3 is 2.71 bits per heavy atom. The zero-order valence-electron chi connectivity index (χ0n) is 12.9.